The van der Waals surface area contributed by atoms with Crippen LogP contribution in [0, 0.1) is 11.8 Å². The molecular formula is C20H32N2. The molecule has 3 rings (SSSR count). The van der Waals surface area contributed by atoms with Crippen LogP contribution in [0.15, 0.2) is 24.3 Å². The van der Waals surface area contributed by atoms with Gasteiger partial charge in [0.15, 0.2) is 0 Å². The highest BCUT2D eigenvalue weighted by Crippen LogP contribution is 2.32. The molecule has 2 fully saturated rings. The van der Waals surface area contributed by atoms with Crippen LogP contribution in [0.1, 0.15) is 57.4 Å². The summed E-state index contributed by atoms with van der Waals surface area (Å²) in [7, 11) is 0. The summed E-state index contributed by atoms with van der Waals surface area (Å²) >= 11 is 0. The Morgan fingerprint density at radius 2 is 1.73 bits per heavy atom. The van der Waals surface area contributed by atoms with Gasteiger partial charge in [-0.05, 0) is 75.6 Å². The zero-order chi connectivity index (χ0) is 15.4. The van der Waals surface area contributed by atoms with Crippen molar-refractivity contribution in [3.05, 3.63) is 29.8 Å². The van der Waals surface area contributed by atoms with E-state index in [1.807, 2.05) is 12.1 Å². The van der Waals surface area contributed by atoms with E-state index in [-0.39, 0.29) is 0 Å². The Bertz CT molecular complexity index is 457. The first kappa shape index (κ1) is 15.9. The molecule has 1 aliphatic carbocycles. The molecule has 2 nitrogen and oxygen atoms in total. The summed E-state index contributed by atoms with van der Waals surface area (Å²) in [5.74, 6) is 1.77. The van der Waals surface area contributed by atoms with Gasteiger partial charge in [0, 0.05) is 11.7 Å². The molecule has 0 spiro atoms. The fourth-order valence-electron chi connectivity index (χ4n) is 4.51. The lowest BCUT2D eigenvalue weighted by atomic mass is 9.82. The summed E-state index contributed by atoms with van der Waals surface area (Å²) in [6, 6.07) is 9.18. The molecule has 22 heavy (non-hydrogen) atoms. The second-order valence-corrected chi connectivity index (χ2v) is 7.52. The van der Waals surface area contributed by atoms with Crippen molar-refractivity contribution in [3.63, 3.8) is 0 Å². The molecular weight excluding hydrogens is 268 g/mol. The number of rotatable bonds is 4. The van der Waals surface area contributed by atoms with E-state index in [1.54, 1.807) is 0 Å². The SMILES string of the molecule is C[C@H](C1CCCCC1)N1CCC(Cc2ccccc2N)CC1. The Morgan fingerprint density at radius 3 is 2.41 bits per heavy atom. The van der Waals surface area contributed by atoms with Crippen LogP contribution in [0.2, 0.25) is 0 Å². The minimum atomic E-state index is 0.794. The van der Waals surface area contributed by atoms with E-state index in [9.17, 15) is 0 Å². The predicted molar refractivity (Wildman–Crippen MR) is 94.9 cm³/mol. The van der Waals surface area contributed by atoms with Crippen molar-refractivity contribution in [3.8, 4) is 0 Å². The largest absolute Gasteiger partial charge is 0.399 e. The van der Waals surface area contributed by atoms with Crippen LogP contribution in [-0.2, 0) is 6.42 Å². The molecule has 1 aromatic rings. The molecule has 2 N–H and O–H groups in total. The molecule has 2 aliphatic rings. The molecule has 122 valence electrons. The number of para-hydroxylation sites is 1. The van der Waals surface area contributed by atoms with Gasteiger partial charge in [0.25, 0.3) is 0 Å². The first-order chi connectivity index (χ1) is 10.7. The van der Waals surface area contributed by atoms with Crippen LogP contribution in [-0.4, -0.2) is 24.0 Å². The number of nitrogen functional groups attached to an aromatic ring is 1. The van der Waals surface area contributed by atoms with E-state index in [0.717, 1.165) is 23.6 Å². The number of hydrogen-bond donors (Lipinski definition) is 1. The molecule has 2 heteroatoms. The number of hydrogen-bond acceptors (Lipinski definition) is 2. The maximum atomic E-state index is 6.10. The highest BCUT2D eigenvalue weighted by Gasteiger charge is 2.28. The van der Waals surface area contributed by atoms with Crippen LogP contribution < -0.4 is 5.73 Å². The molecule has 0 bridgehead atoms. The van der Waals surface area contributed by atoms with Gasteiger partial charge >= 0.3 is 0 Å². The summed E-state index contributed by atoms with van der Waals surface area (Å²) in [6.07, 6.45) is 11.1. The molecule has 1 aromatic carbocycles. The summed E-state index contributed by atoms with van der Waals surface area (Å²) in [6.45, 7) is 5.05. The van der Waals surface area contributed by atoms with Crippen LogP contribution in [0.4, 0.5) is 5.69 Å². The van der Waals surface area contributed by atoms with Crippen LogP contribution in [0.3, 0.4) is 0 Å². The molecule has 1 saturated heterocycles. The Labute approximate surface area is 136 Å². The Morgan fingerprint density at radius 1 is 1.05 bits per heavy atom. The Hall–Kier alpha value is -1.02. The van der Waals surface area contributed by atoms with E-state index < -0.39 is 0 Å². The third kappa shape index (κ3) is 3.84. The molecule has 0 amide bonds. The average molecular weight is 300 g/mol. The average Bonchev–Trinajstić information content (AvgIpc) is 2.58. The smallest absolute Gasteiger partial charge is 0.0346 e. The second kappa shape index (κ2) is 7.50. The third-order valence-corrected chi connectivity index (χ3v) is 6.12. The molecule has 0 unspecified atom stereocenters. The lowest BCUT2D eigenvalue weighted by molar-refractivity contribution is 0.0895. The number of nitrogens with two attached hydrogens (primary N) is 1. The number of benzene rings is 1. The van der Waals surface area contributed by atoms with E-state index in [4.69, 9.17) is 5.73 Å². The zero-order valence-corrected chi connectivity index (χ0v) is 14.1. The first-order valence-electron chi connectivity index (χ1n) is 9.31. The van der Waals surface area contributed by atoms with Gasteiger partial charge in [-0.25, -0.2) is 0 Å². The molecule has 1 aliphatic heterocycles. The van der Waals surface area contributed by atoms with Gasteiger partial charge in [-0.1, -0.05) is 37.5 Å². The van der Waals surface area contributed by atoms with Gasteiger partial charge in [0.1, 0.15) is 0 Å². The molecule has 1 saturated carbocycles. The van der Waals surface area contributed by atoms with E-state index >= 15 is 0 Å². The van der Waals surface area contributed by atoms with Crippen molar-refractivity contribution in [2.24, 2.45) is 11.8 Å². The van der Waals surface area contributed by atoms with Crippen LogP contribution >= 0.6 is 0 Å². The van der Waals surface area contributed by atoms with Crippen molar-refractivity contribution in [1.82, 2.24) is 4.90 Å². The normalized spacial score (nSPS) is 23.5. The minimum Gasteiger partial charge on any atom is -0.399 e. The van der Waals surface area contributed by atoms with E-state index in [1.165, 1.54) is 70.0 Å². The monoisotopic (exact) mass is 300 g/mol. The van der Waals surface area contributed by atoms with Gasteiger partial charge in [0.05, 0.1) is 0 Å². The summed E-state index contributed by atoms with van der Waals surface area (Å²) < 4.78 is 0. The van der Waals surface area contributed by atoms with Gasteiger partial charge in [-0.2, -0.15) is 0 Å². The topological polar surface area (TPSA) is 29.3 Å². The maximum absolute atomic E-state index is 6.10. The number of piperidine rings is 1. The predicted octanol–water partition coefficient (Wildman–Crippen LogP) is 4.49. The number of anilines is 1. The van der Waals surface area contributed by atoms with Crippen molar-refractivity contribution in [2.75, 3.05) is 18.8 Å². The summed E-state index contributed by atoms with van der Waals surface area (Å²) in [5.41, 5.74) is 8.42. The fraction of sp³-hybridized carbons (Fsp3) is 0.700. The Kier molecular flexibility index (Phi) is 5.41. The van der Waals surface area contributed by atoms with Crippen molar-refractivity contribution in [1.29, 1.82) is 0 Å². The van der Waals surface area contributed by atoms with Crippen molar-refractivity contribution < 1.29 is 0 Å². The molecule has 1 atom stereocenters. The van der Waals surface area contributed by atoms with Gasteiger partial charge in [-0.15, -0.1) is 0 Å². The van der Waals surface area contributed by atoms with Crippen LogP contribution in [0.25, 0.3) is 0 Å². The van der Waals surface area contributed by atoms with Gasteiger partial charge in [0.2, 0.25) is 0 Å². The lowest BCUT2D eigenvalue weighted by Gasteiger charge is -2.40. The highest BCUT2D eigenvalue weighted by atomic mass is 15.2. The quantitative estimate of drug-likeness (QED) is 0.830. The van der Waals surface area contributed by atoms with E-state index in [2.05, 4.69) is 24.0 Å². The zero-order valence-electron chi connectivity index (χ0n) is 14.1. The second-order valence-electron chi connectivity index (χ2n) is 7.52. The minimum absolute atomic E-state index is 0.794. The first-order valence-corrected chi connectivity index (χ1v) is 9.31. The fourth-order valence-corrected chi connectivity index (χ4v) is 4.51. The standard InChI is InChI=1S/C20H32N2/c1-16(18-7-3-2-4-8-18)22-13-11-17(12-14-22)15-19-9-5-6-10-20(19)21/h5-6,9-10,16-18H,2-4,7-8,11-15,21H2,1H3/t16-/m1/s1. The molecule has 0 aromatic heterocycles. The van der Waals surface area contributed by atoms with Crippen molar-refractivity contribution in [2.45, 2.75) is 64.3 Å². The summed E-state index contributed by atoms with van der Waals surface area (Å²) in [4.78, 5) is 2.76. The molecule has 1 heterocycles. The van der Waals surface area contributed by atoms with Gasteiger partial charge < -0.3 is 10.6 Å². The van der Waals surface area contributed by atoms with Crippen molar-refractivity contribution >= 4 is 5.69 Å². The molecule has 0 radical (unpaired) electrons. The summed E-state index contributed by atoms with van der Waals surface area (Å²) in [5, 5.41) is 0. The Balaban J connectivity index is 1.48. The third-order valence-electron chi connectivity index (χ3n) is 6.12. The maximum Gasteiger partial charge on any atom is 0.0346 e. The lowest BCUT2D eigenvalue weighted by Crippen LogP contribution is -2.44. The van der Waals surface area contributed by atoms with Gasteiger partial charge in [-0.3, -0.25) is 0 Å². The van der Waals surface area contributed by atoms with E-state index in [0.29, 0.717) is 0 Å². The number of likely N-dealkylation sites (tertiary alicyclic amines) is 1. The highest BCUT2D eigenvalue weighted by molar-refractivity contribution is 5.46. The number of nitrogens with zero attached hydrogens (tertiary/aromatic N) is 1. The van der Waals surface area contributed by atoms with Crippen LogP contribution in [0.5, 0.6) is 0 Å².